The van der Waals surface area contributed by atoms with E-state index in [4.69, 9.17) is 4.74 Å². The lowest BCUT2D eigenvalue weighted by molar-refractivity contribution is -0.117. The van der Waals surface area contributed by atoms with Gasteiger partial charge in [0.25, 0.3) is 0 Å². The molecular weight excluding hydrogens is 378 g/mol. The highest BCUT2D eigenvalue weighted by atomic mass is 32.2. The van der Waals surface area contributed by atoms with Crippen LogP contribution in [0.25, 0.3) is 0 Å². The monoisotopic (exact) mass is 403 g/mol. The fourth-order valence-corrected chi connectivity index (χ4v) is 4.49. The largest absolute Gasteiger partial charge is 0.462 e. The minimum absolute atomic E-state index is 0.152. The normalized spacial score (nSPS) is 16.4. The van der Waals surface area contributed by atoms with Gasteiger partial charge in [0.2, 0.25) is 15.9 Å². The van der Waals surface area contributed by atoms with Gasteiger partial charge in [-0.2, -0.15) is 4.31 Å². The Morgan fingerprint density at radius 1 is 1.23 bits per heavy atom. The second-order valence-electron chi connectivity index (χ2n) is 6.02. The van der Waals surface area contributed by atoms with Gasteiger partial charge >= 0.3 is 5.97 Å². The number of anilines is 1. The van der Waals surface area contributed by atoms with Crippen molar-refractivity contribution in [2.75, 3.05) is 50.9 Å². The number of aryl methyl sites for hydroxylation is 1. The Kier molecular flexibility index (Phi) is 7.16. The third kappa shape index (κ3) is 5.50. The van der Waals surface area contributed by atoms with Crippen molar-refractivity contribution in [2.45, 2.75) is 20.3 Å². The van der Waals surface area contributed by atoms with Crippen LogP contribution in [0.3, 0.4) is 0 Å². The van der Waals surface area contributed by atoms with Gasteiger partial charge in [0.1, 0.15) is 5.00 Å². The Morgan fingerprint density at radius 2 is 1.88 bits per heavy atom. The first kappa shape index (κ1) is 20.8. The maximum Gasteiger partial charge on any atom is 0.341 e. The van der Waals surface area contributed by atoms with E-state index in [9.17, 15) is 18.0 Å². The number of hydrogen-bond acceptors (Lipinski definition) is 7. The van der Waals surface area contributed by atoms with Gasteiger partial charge in [0.05, 0.1) is 25.0 Å². The van der Waals surface area contributed by atoms with Gasteiger partial charge in [-0.25, -0.2) is 13.2 Å². The minimum Gasteiger partial charge on any atom is -0.462 e. The van der Waals surface area contributed by atoms with Crippen LogP contribution in [-0.4, -0.2) is 75.1 Å². The molecule has 2 heterocycles. The minimum atomic E-state index is -3.19. The number of hydrogen-bond donors (Lipinski definition) is 1. The molecule has 1 saturated heterocycles. The van der Waals surface area contributed by atoms with E-state index in [-0.39, 0.29) is 19.1 Å². The smallest absolute Gasteiger partial charge is 0.341 e. The van der Waals surface area contributed by atoms with Crippen LogP contribution in [0.5, 0.6) is 0 Å². The molecule has 1 aromatic rings. The van der Waals surface area contributed by atoms with Gasteiger partial charge < -0.3 is 10.1 Å². The van der Waals surface area contributed by atoms with E-state index in [1.54, 1.807) is 13.0 Å². The number of nitrogens with zero attached hydrogens (tertiary/aromatic N) is 2. The third-order valence-electron chi connectivity index (χ3n) is 4.05. The molecule has 1 aliphatic heterocycles. The quantitative estimate of drug-likeness (QED) is 0.683. The van der Waals surface area contributed by atoms with Crippen molar-refractivity contribution in [3.8, 4) is 0 Å². The summed E-state index contributed by atoms with van der Waals surface area (Å²) in [6.45, 7) is 5.88. The molecule has 1 amide bonds. The SMILES string of the molecule is CCOC(=O)c1cc(CC)sc1NC(=O)CN1CCN(S(C)(=O)=O)CC1. The third-order valence-corrected chi connectivity index (χ3v) is 6.55. The van der Waals surface area contributed by atoms with E-state index in [0.717, 1.165) is 11.3 Å². The topological polar surface area (TPSA) is 96.0 Å². The first-order valence-electron chi connectivity index (χ1n) is 8.51. The summed E-state index contributed by atoms with van der Waals surface area (Å²) < 4.78 is 29.5. The molecule has 0 spiro atoms. The number of carbonyl (C=O) groups is 2. The number of thiophene rings is 1. The van der Waals surface area contributed by atoms with Gasteiger partial charge in [0.15, 0.2) is 0 Å². The average molecular weight is 404 g/mol. The van der Waals surface area contributed by atoms with Gasteiger partial charge in [0, 0.05) is 31.1 Å². The average Bonchev–Trinajstić information content (AvgIpc) is 2.97. The number of nitrogens with one attached hydrogen (secondary N) is 1. The Labute approximate surface area is 158 Å². The molecule has 0 unspecified atom stereocenters. The molecule has 1 aliphatic rings. The molecule has 2 rings (SSSR count). The van der Waals surface area contributed by atoms with Crippen LogP contribution in [0, 0.1) is 0 Å². The summed E-state index contributed by atoms with van der Waals surface area (Å²) in [4.78, 5) is 27.3. The molecule has 1 N–H and O–H groups in total. The molecule has 0 atom stereocenters. The summed E-state index contributed by atoms with van der Waals surface area (Å²) in [5, 5.41) is 3.30. The van der Waals surface area contributed by atoms with E-state index in [2.05, 4.69) is 5.32 Å². The molecule has 0 radical (unpaired) electrons. The Balaban J connectivity index is 1.96. The Morgan fingerprint density at radius 3 is 2.42 bits per heavy atom. The van der Waals surface area contributed by atoms with Crippen molar-refractivity contribution >= 4 is 38.2 Å². The molecule has 0 aromatic carbocycles. The predicted octanol–water partition coefficient (Wildman–Crippen LogP) is 1.00. The zero-order valence-corrected chi connectivity index (χ0v) is 16.9. The number of ether oxygens (including phenoxy) is 1. The van der Waals surface area contributed by atoms with Crippen molar-refractivity contribution in [1.82, 2.24) is 9.21 Å². The standard InChI is InChI=1S/C16H25N3O5S2/c1-4-12-10-13(16(21)24-5-2)15(25-12)17-14(20)11-18-6-8-19(9-7-18)26(3,22)23/h10H,4-9,11H2,1-3H3,(H,17,20). The lowest BCUT2D eigenvalue weighted by Crippen LogP contribution is -2.50. The fourth-order valence-electron chi connectivity index (χ4n) is 2.66. The molecule has 8 nitrogen and oxygen atoms in total. The zero-order chi connectivity index (χ0) is 19.3. The second kappa shape index (κ2) is 8.94. The van der Waals surface area contributed by atoms with Gasteiger partial charge in [-0.15, -0.1) is 11.3 Å². The van der Waals surface area contributed by atoms with Crippen LogP contribution in [0.15, 0.2) is 6.07 Å². The lowest BCUT2D eigenvalue weighted by Gasteiger charge is -2.32. The van der Waals surface area contributed by atoms with Crippen molar-refractivity contribution < 1.29 is 22.7 Å². The van der Waals surface area contributed by atoms with E-state index in [0.29, 0.717) is 36.7 Å². The first-order valence-corrected chi connectivity index (χ1v) is 11.2. The number of rotatable bonds is 7. The number of sulfonamides is 1. The summed E-state index contributed by atoms with van der Waals surface area (Å²) in [6, 6.07) is 1.75. The molecule has 0 saturated carbocycles. The van der Waals surface area contributed by atoms with E-state index in [1.807, 2.05) is 11.8 Å². The number of carbonyl (C=O) groups excluding carboxylic acids is 2. The van der Waals surface area contributed by atoms with Crippen LogP contribution in [0.4, 0.5) is 5.00 Å². The number of amides is 1. The zero-order valence-electron chi connectivity index (χ0n) is 15.3. The van der Waals surface area contributed by atoms with Crippen molar-refractivity contribution in [1.29, 1.82) is 0 Å². The summed E-state index contributed by atoms with van der Waals surface area (Å²) >= 11 is 1.37. The van der Waals surface area contributed by atoms with Crippen LogP contribution in [-0.2, 0) is 26.0 Å². The Hall–Kier alpha value is -1.49. The van der Waals surface area contributed by atoms with E-state index >= 15 is 0 Å². The Bertz CT molecular complexity index is 752. The van der Waals surface area contributed by atoms with Gasteiger partial charge in [-0.3, -0.25) is 9.69 Å². The maximum atomic E-state index is 12.4. The first-order chi connectivity index (χ1) is 12.2. The fraction of sp³-hybridized carbons (Fsp3) is 0.625. The molecule has 10 heteroatoms. The van der Waals surface area contributed by atoms with Crippen LogP contribution in [0.2, 0.25) is 0 Å². The molecule has 1 fully saturated rings. The molecule has 0 bridgehead atoms. The lowest BCUT2D eigenvalue weighted by atomic mass is 10.2. The summed E-state index contributed by atoms with van der Waals surface area (Å²) in [7, 11) is -3.19. The molecule has 26 heavy (non-hydrogen) atoms. The highest BCUT2D eigenvalue weighted by molar-refractivity contribution is 7.88. The second-order valence-corrected chi connectivity index (χ2v) is 9.14. The van der Waals surface area contributed by atoms with Crippen molar-refractivity contribution in [3.05, 3.63) is 16.5 Å². The predicted molar refractivity (Wildman–Crippen MR) is 101 cm³/mol. The summed E-state index contributed by atoms with van der Waals surface area (Å²) in [6.07, 6.45) is 1.95. The molecule has 146 valence electrons. The van der Waals surface area contributed by atoms with Gasteiger partial charge in [-0.1, -0.05) is 6.92 Å². The van der Waals surface area contributed by atoms with Crippen LogP contribution < -0.4 is 5.32 Å². The summed E-state index contributed by atoms with van der Waals surface area (Å²) in [5.74, 6) is -0.673. The number of esters is 1. The van der Waals surface area contributed by atoms with Crippen LogP contribution >= 0.6 is 11.3 Å². The van der Waals surface area contributed by atoms with Crippen LogP contribution in [0.1, 0.15) is 29.1 Å². The van der Waals surface area contributed by atoms with E-state index in [1.165, 1.54) is 21.9 Å². The summed E-state index contributed by atoms with van der Waals surface area (Å²) in [5.41, 5.74) is 0.379. The highest BCUT2D eigenvalue weighted by Crippen LogP contribution is 2.29. The molecule has 1 aromatic heterocycles. The van der Waals surface area contributed by atoms with Crippen molar-refractivity contribution in [2.24, 2.45) is 0 Å². The molecular formula is C16H25N3O5S2. The van der Waals surface area contributed by atoms with E-state index < -0.39 is 16.0 Å². The highest BCUT2D eigenvalue weighted by Gasteiger charge is 2.25. The molecule has 0 aliphatic carbocycles. The van der Waals surface area contributed by atoms with Gasteiger partial charge in [-0.05, 0) is 19.4 Å². The maximum absolute atomic E-state index is 12.4. The number of piperazine rings is 1. The van der Waals surface area contributed by atoms with Crippen molar-refractivity contribution in [3.63, 3.8) is 0 Å².